The van der Waals surface area contributed by atoms with Gasteiger partial charge in [0.15, 0.2) is 0 Å². The van der Waals surface area contributed by atoms with Gasteiger partial charge in [0.2, 0.25) is 0 Å². The fourth-order valence-electron chi connectivity index (χ4n) is 7.88. The van der Waals surface area contributed by atoms with Crippen LogP contribution in [-0.2, 0) is 0 Å². The van der Waals surface area contributed by atoms with Crippen LogP contribution in [0.15, 0.2) is 30.6 Å². The van der Waals surface area contributed by atoms with E-state index >= 15 is 0 Å². The van der Waals surface area contributed by atoms with Crippen molar-refractivity contribution < 1.29 is 0 Å². The molecule has 0 aliphatic heterocycles. The summed E-state index contributed by atoms with van der Waals surface area (Å²) in [6.07, 6.45) is 18.6. The van der Waals surface area contributed by atoms with Crippen molar-refractivity contribution in [1.29, 1.82) is 0 Å². The molecule has 2 nitrogen and oxygen atoms in total. The van der Waals surface area contributed by atoms with Gasteiger partial charge in [-0.25, -0.2) is 0 Å². The summed E-state index contributed by atoms with van der Waals surface area (Å²) in [7, 11) is 0. The zero-order valence-corrected chi connectivity index (χ0v) is 16.5. The van der Waals surface area contributed by atoms with Crippen LogP contribution in [0, 0.1) is 28.6 Å². The smallest absolute Gasteiger partial charge is 0.0343 e. The van der Waals surface area contributed by atoms with Gasteiger partial charge in [-0.1, -0.05) is 38.8 Å². The van der Waals surface area contributed by atoms with Crippen LogP contribution in [-0.4, -0.2) is 10.5 Å². The molecule has 0 aromatic carbocycles. The molecule has 0 spiro atoms. The first-order valence-corrected chi connectivity index (χ1v) is 10.9. The summed E-state index contributed by atoms with van der Waals surface area (Å²) in [5, 5.41) is 0. The van der Waals surface area contributed by atoms with E-state index in [9.17, 15) is 0 Å². The van der Waals surface area contributed by atoms with Crippen molar-refractivity contribution in [3.05, 3.63) is 36.2 Å². The molecule has 3 saturated carbocycles. The van der Waals surface area contributed by atoms with E-state index in [4.69, 9.17) is 5.73 Å². The highest BCUT2D eigenvalue weighted by molar-refractivity contribution is 5.74. The van der Waals surface area contributed by atoms with Crippen molar-refractivity contribution in [2.45, 2.75) is 77.2 Å². The van der Waals surface area contributed by atoms with Crippen LogP contribution in [0.2, 0.25) is 0 Å². The topological polar surface area (TPSA) is 38.9 Å². The van der Waals surface area contributed by atoms with Crippen LogP contribution < -0.4 is 5.73 Å². The third kappa shape index (κ3) is 2.06. The summed E-state index contributed by atoms with van der Waals surface area (Å²) >= 11 is 0. The van der Waals surface area contributed by atoms with Crippen LogP contribution in [0.4, 0.5) is 0 Å². The number of hydrogen-bond acceptors (Lipinski definition) is 2. The fraction of sp³-hybridized carbons (Fsp3) is 0.708. The van der Waals surface area contributed by atoms with Crippen molar-refractivity contribution in [3.8, 4) is 0 Å². The summed E-state index contributed by atoms with van der Waals surface area (Å²) in [4.78, 5) is 4.39. The van der Waals surface area contributed by atoms with E-state index in [0.717, 1.165) is 18.3 Å². The highest BCUT2D eigenvalue weighted by atomic mass is 14.9. The molecule has 1 unspecified atom stereocenters. The minimum atomic E-state index is -0.0630. The maximum atomic E-state index is 7.39. The number of pyridine rings is 1. The molecule has 0 radical (unpaired) electrons. The molecule has 0 saturated heterocycles. The maximum absolute atomic E-state index is 7.39. The lowest BCUT2D eigenvalue weighted by molar-refractivity contribution is -0.106. The SMILES string of the molecule is C[C@]12CCCCC1CC[C@@H]1[C@@H]2CC[C@]2(C)C(c3cccnc3)=CC[C@@]12N. The fourth-order valence-corrected chi connectivity index (χ4v) is 7.88. The highest BCUT2D eigenvalue weighted by Crippen LogP contribution is 2.68. The Morgan fingerprint density at radius 1 is 1.04 bits per heavy atom. The van der Waals surface area contributed by atoms with Gasteiger partial charge >= 0.3 is 0 Å². The van der Waals surface area contributed by atoms with Gasteiger partial charge in [-0.05, 0) is 85.3 Å². The van der Waals surface area contributed by atoms with Crippen molar-refractivity contribution in [3.63, 3.8) is 0 Å². The Balaban J connectivity index is 1.51. The third-order valence-corrected chi connectivity index (χ3v) is 9.46. The van der Waals surface area contributed by atoms with Crippen LogP contribution in [0.25, 0.3) is 5.57 Å². The monoisotopic (exact) mass is 350 g/mol. The van der Waals surface area contributed by atoms with Crippen molar-refractivity contribution in [2.24, 2.45) is 34.3 Å². The van der Waals surface area contributed by atoms with Gasteiger partial charge in [0.25, 0.3) is 0 Å². The predicted molar refractivity (Wildman–Crippen MR) is 107 cm³/mol. The molecule has 26 heavy (non-hydrogen) atoms. The molecule has 140 valence electrons. The molecule has 2 heteroatoms. The minimum absolute atomic E-state index is 0.0630. The zero-order chi connectivity index (χ0) is 18.0. The van der Waals surface area contributed by atoms with Gasteiger partial charge in [-0.3, -0.25) is 4.98 Å². The molecule has 1 aromatic rings. The Morgan fingerprint density at radius 2 is 1.92 bits per heavy atom. The summed E-state index contributed by atoms with van der Waals surface area (Å²) in [5.74, 6) is 2.48. The Labute approximate surface area is 158 Å². The number of fused-ring (bicyclic) bond motifs is 5. The summed E-state index contributed by atoms with van der Waals surface area (Å²) in [6, 6.07) is 4.29. The number of nitrogens with two attached hydrogens (primary N) is 1. The molecule has 1 aromatic heterocycles. The van der Waals surface area contributed by atoms with Gasteiger partial charge in [-0.15, -0.1) is 0 Å². The van der Waals surface area contributed by atoms with Crippen LogP contribution in [0.3, 0.4) is 0 Å². The second-order valence-corrected chi connectivity index (χ2v) is 10.2. The third-order valence-electron chi connectivity index (χ3n) is 9.46. The van der Waals surface area contributed by atoms with Gasteiger partial charge in [0.1, 0.15) is 0 Å². The van der Waals surface area contributed by atoms with E-state index < -0.39 is 0 Å². The lowest BCUT2D eigenvalue weighted by atomic mass is 9.42. The predicted octanol–water partition coefficient (Wildman–Crippen LogP) is 5.59. The summed E-state index contributed by atoms with van der Waals surface area (Å²) in [6.45, 7) is 5.09. The van der Waals surface area contributed by atoms with E-state index in [1.54, 1.807) is 0 Å². The van der Waals surface area contributed by atoms with Crippen LogP contribution >= 0.6 is 0 Å². The average molecular weight is 351 g/mol. The molecule has 4 aliphatic carbocycles. The number of aromatic nitrogens is 1. The molecular formula is C24H34N2. The quantitative estimate of drug-likeness (QED) is 0.717. The Morgan fingerprint density at radius 3 is 2.73 bits per heavy atom. The Bertz CT molecular complexity index is 725. The summed E-state index contributed by atoms with van der Waals surface area (Å²) < 4.78 is 0. The highest BCUT2D eigenvalue weighted by Gasteiger charge is 2.63. The Kier molecular flexibility index (Phi) is 3.71. The van der Waals surface area contributed by atoms with Gasteiger partial charge in [0, 0.05) is 23.3 Å². The van der Waals surface area contributed by atoms with Crippen molar-refractivity contribution in [2.75, 3.05) is 0 Å². The molecule has 0 amide bonds. The van der Waals surface area contributed by atoms with E-state index in [2.05, 4.69) is 37.0 Å². The normalized spacial score (nSPS) is 47.5. The minimum Gasteiger partial charge on any atom is -0.324 e. The average Bonchev–Trinajstić information content (AvgIpc) is 2.93. The zero-order valence-electron chi connectivity index (χ0n) is 16.5. The van der Waals surface area contributed by atoms with E-state index in [0.29, 0.717) is 11.3 Å². The number of nitrogens with zero attached hydrogens (tertiary/aromatic N) is 1. The first kappa shape index (κ1) is 17.0. The lowest BCUT2D eigenvalue weighted by Crippen LogP contribution is -2.65. The van der Waals surface area contributed by atoms with Crippen molar-refractivity contribution >= 4 is 5.57 Å². The number of hydrogen-bond donors (Lipinski definition) is 1. The van der Waals surface area contributed by atoms with Crippen LogP contribution in [0.1, 0.15) is 77.2 Å². The maximum Gasteiger partial charge on any atom is 0.0343 e. The van der Waals surface area contributed by atoms with E-state index in [1.165, 1.54) is 62.5 Å². The first-order valence-electron chi connectivity index (χ1n) is 10.9. The van der Waals surface area contributed by atoms with Gasteiger partial charge in [-0.2, -0.15) is 0 Å². The molecule has 2 N–H and O–H groups in total. The number of rotatable bonds is 1. The van der Waals surface area contributed by atoms with Crippen molar-refractivity contribution in [1.82, 2.24) is 4.98 Å². The first-order chi connectivity index (χ1) is 12.5. The molecule has 4 aliphatic rings. The molecule has 0 bridgehead atoms. The van der Waals surface area contributed by atoms with Gasteiger partial charge in [0.05, 0.1) is 0 Å². The Hall–Kier alpha value is -1.15. The van der Waals surface area contributed by atoms with Gasteiger partial charge < -0.3 is 5.73 Å². The standard InChI is InChI=1S/C24H34N2/c1-22-12-4-3-7-18(22)8-9-21-20(22)10-13-23(2)19(11-14-24(21,23)25)17-6-5-15-26-16-17/h5-6,11,15-16,18,20-21H,3-4,7-10,12-14,25H2,1-2H3/t18?,20-,21+,22-,23+,24+/m0/s1. The second kappa shape index (κ2) is 5.67. The van der Waals surface area contributed by atoms with Crippen LogP contribution in [0.5, 0.6) is 0 Å². The molecule has 6 atom stereocenters. The summed E-state index contributed by atoms with van der Waals surface area (Å²) in [5.41, 5.74) is 10.7. The van der Waals surface area contributed by atoms with E-state index in [-0.39, 0.29) is 11.0 Å². The molecule has 5 rings (SSSR count). The molecular weight excluding hydrogens is 316 g/mol. The lowest BCUT2D eigenvalue weighted by Gasteiger charge is -2.64. The van der Waals surface area contributed by atoms with E-state index in [1.807, 2.05) is 12.4 Å². The largest absolute Gasteiger partial charge is 0.324 e. The molecule has 1 heterocycles. The molecule has 3 fully saturated rings. The second-order valence-electron chi connectivity index (χ2n) is 10.2.